The van der Waals surface area contributed by atoms with Crippen LogP contribution in [-0.2, 0) is 10.2 Å². The Kier molecular flexibility index (Phi) is 8.82. The van der Waals surface area contributed by atoms with Crippen LogP contribution in [-0.4, -0.2) is 25.8 Å². The Morgan fingerprint density at radius 1 is 0.879 bits per heavy atom. The molecule has 2 aromatic carbocycles. The highest BCUT2D eigenvalue weighted by molar-refractivity contribution is 5.70. The summed E-state index contributed by atoms with van der Waals surface area (Å²) < 4.78 is 22.8. The fourth-order valence-electron chi connectivity index (χ4n) is 4.28. The third-order valence-electron chi connectivity index (χ3n) is 6.10. The smallest absolute Gasteiger partial charge is 0.308 e. The molecule has 2 atom stereocenters. The number of carbonyl (C=O) groups is 1. The molecule has 5 nitrogen and oxygen atoms in total. The molecule has 0 amide bonds. The molecule has 2 aromatic rings. The van der Waals surface area contributed by atoms with Crippen LogP contribution in [0.3, 0.4) is 0 Å². The first kappa shape index (κ1) is 26.6. The van der Waals surface area contributed by atoms with Gasteiger partial charge in [0.05, 0.1) is 14.2 Å². The van der Waals surface area contributed by atoms with Crippen LogP contribution >= 0.6 is 0 Å². The summed E-state index contributed by atoms with van der Waals surface area (Å²) in [7, 11) is 3.27. The highest BCUT2D eigenvalue weighted by Gasteiger charge is 2.35. The van der Waals surface area contributed by atoms with Gasteiger partial charge in [-0.2, -0.15) is 0 Å². The Labute approximate surface area is 199 Å². The lowest BCUT2D eigenvalue weighted by atomic mass is 9.67. The van der Waals surface area contributed by atoms with E-state index in [1.807, 2.05) is 45.0 Å². The molecule has 33 heavy (non-hydrogen) atoms. The zero-order valence-corrected chi connectivity index (χ0v) is 21.7. The molecule has 0 fully saturated rings. The van der Waals surface area contributed by atoms with E-state index in [-0.39, 0.29) is 17.0 Å². The third-order valence-corrected chi connectivity index (χ3v) is 6.10. The lowest BCUT2D eigenvalue weighted by Crippen LogP contribution is -2.30. The minimum Gasteiger partial charge on any atom is -0.493 e. The molecule has 0 aliphatic carbocycles. The second-order valence-corrected chi connectivity index (χ2v) is 9.69. The van der Waals surface area contributed by atoms with Crippen LogP contribution in [0.2, 0.25) is 0 Å². The summed E-state index contributed by atoms with van der Waals surface area (Å²) in [6, 6.07) is 12.1. The van der Waals surface area contributed by atoms with E-state index < -0.39 is 0 Å². The summed E-state index contributed by atoms with van der Waals surface area (Å²) in [4.78, 5) is 11.5. The zero-order valence-electron chi connectivity index (χ0n) is 21.7. The van der Waals surface area contributed by atoms with Crippen molar-refractivity contribution < 1.29 is 23.7 Å². The minimum atomic E-state index is -0.374. The van der Waals surface area contributed by atoms with E-state index in [0.717, 1.165) is 36.1 Å². The van der Waals surface area contributed by atoms with Crippen molar-refractivity contribution in [1.82, 2.24) is 0 Å². The predicted molar refractivity (Wildman–Crippen MR) is 133 cm³/mol. The van der Waals surface area contributed by atoms with Crippen molar-refractivity contribution in [1.29, 1.82) is 0 Å². The molecule has 0 saturated carbocycles. The van der Waals surface area contributed by atoms with Crippen molar-refractivity contribution in [2.45, 2.75) is 78.7 Å². The lowest BCUT2D eigenvalue weighted by Gasteiger charge is -2.37. The molecule has 0 aliphatic heterocycles. The first-order valence-electron chi connectivity index (χ1n) is 11.7. The van der Waals surface area contributed by atoms with E-state index in [9.17, 15) is 4.79 Å². The zero-order chi connectivity index (χ0) is 24.8. The average molecular weight is 457 g/mol. The van der Waals surface area contributed by atoms with Crippen molar-refractivity contribution in [3.63, 3.8) is 0 Å². The molecule has 0 spiro atoms. The van der Waals surface area contributed by atoms with Gasteiger partial charge in [-0.15, -0.1) is 0 Å². The highest BCUT2D eigenvalue weighted by Crippen LogP contribution is 2.46. The Bertz CT molecular complexity index is 944. The molecular formula is C28H40O5. The van der Waals surface area contributed by atoms with E-state index in [0.29, 0.717) is 23.2 Å². The molecule has 2 rings (SSSR count). The molecule has 0 N–H and O–H groups in total. The standard InChI is InChI=1S/C28H40O5/c1-10-19(3)18-28(11-2,21-12-14-23(32-20(4)29)25(16-21)30-8)22-13-15-24(26(17-22)31-9)33-27(5,6)7/h12-17,19H,10-11,18H2,1-9H3. The summed E-state index contributed by atoms with van der Waals surface area (Å²) in [5.74, 6) is 2.54. The van der Waals surface area contributed by atoms with Crippen LogP contribution in [0.4, 0.5) is 0 Å². The first-order valence-corrected chi connectivity index (χ1v) is 11.7. The molecule has 0 heterocycles. The van der Waals surface area contributed by atoms with Crippen molar-refractivity contribution in [3.8, 4) is 23.0 Å². The second kappa shape index (κ2) is 11.0. The number of carbonyl (C=O) groups excluding carboxylic acids is 1. The Hall–Kier alpha value is -2.69. The second-order valence-electron chi connectivity index (χ2n) is 9.69. The third kappa shape index (κ3) is 6.43. The fourth-order valence-corrected chi connectivity index (χ4v) is 4.28. The lowest BCUT2D eigenvalue weighted by molar-refractivity contribution is -0.132. The maximum absolute atomic E-state index is 11.5. The minimum absolute atomic E-state index is 0.273. The van der Waals surface area contributed by atoms with Gasteiger partial charge in [0.1, 0.15) is 5.60 Å². The summed E-state index contributed by atoms with van der Waals surface area (Å²) in [6.45, 7) is 14.2. The number of ether oxygens (including phenoxy) is 4. The van der Waals surface area contributed by atoms with Crippen LogP contribution in [0, 0.1) is 5.92 Å². The maximum Gasteiger partial charge on any atom is 0.308 e. The molecule has 0 bridgehead atoms. The van der Waals surface area contributed by atoms with Crippen LogP contribution < -0.4 is 18.9 Å². The molecular weight excluding hydrogens is 416 g/mol. The van der Waals surface area contributed by atoms with E-state index in [1.54, 1.807) is 14.2 Å². The van der Waals surface area contributed by atoms with Gasteiger partial charge in [0.2, 0.25) is 0 Å². The van der Waals surface area contributed by atoms with Crippen LogP contribution in [0.5, 0.6) is 23.0 Å². The molecule has 2 unspecified atom stereocenters. The van der Waals surface area contributed by atoms with Crippen molar-refractivity contribution in [2.24, 2.45) is 5.92 Å². The van der Waals surface area contributed by atoms with E-state index >= 15 is 0 Å². The van der Waals surface area contributed by atoms with Crippen LogP contribution in [0.15, 0.2) is 36.4 Å². The van der Waals surface area contributed by atoms with Gasteiger partial charge in [-0.3, -0.25) is 4.79 Å². The van der Waals surface area contributed by atoms with Crippen LogP contribution in [0.1, 0.15) is 78.9 Å². The maximum atomic E-state index is 11.5. The van der Waals surface area contributed by atoms with Crippen molar-refractivity contribution in [3.05, 3.63) is 47.5 Å². The van der Waals surface area contributed by atoms with Crippen molar-refractivity contribution >= 4 is 5.97 Å². The van der Waals surface area contributed by atoms with Crippen molar-refractivity contribution in [2.75, 3.05) is 14.2 Å². The Morgan fingerprint density at radius 2 is 1.39 bits per heavy atom. The number of hydrogen-bond acceptors (Lipinski definition) is 5. The highest BCUT2D eigenvalue weighted by atomic mass is 16.6. The molecule has 0 saturated heterocycles. The number of benzene rings is 2. The fraction of sp³-hybridized carbons (Fsp3) is 0.536. The summed E-state index contributed by atoms with van der Waals surface area (Å²) in [6.07, 6.45) is 2.92. The van der Waals surface area contributed by atoms with Gasteiger partial charge in [0.15, 0.2) is 23.0 Å². The number of rotatable bonds is 10. The largest absolute Gasteiger partial charge is 0.493 e. The molecule has 0 aromatic heterocycles. The SMILES string of the molecule is CCC(C)CC(CC)(c1ccc(OC(C)=O)c(OC)c1)c1ccc(OC(C)(C)C)c(OC)c1. The van der Waals surface area contributed by atoms with Gasteiger partial charge >= 0.3 is 5.97 Å². The van der Waals surface area contributed by atoms with Gasteiger partial charge in [0.25, 0.3) is 0 Å². The summed E-state index contributed by atoms with van der Waals surface area (Å²) in [5, 5.41) is 0. The van der Waals surface area contributed by atoms with Crippen LogP contribution in [0.25, 0.3) is 0 Å². The molecule has 0 radical (unpaired) electrons. The average Bonchev–Trinajstić information content (AvgIpc) is 2.76. The number of hydrogen-bond donors (Lipinski definition) is 0. The molecule has 5 heteroatoms. The van der Waals surface area contributed by atoms with E-state index in [1.165, 1.54) is 6.92 Å². The van der Waals surface area contributed by atoms with Gasteiger partial charge in [-0.1, -0.05) is 39.3 Å². The molecule has 0 aliphatic rings. The Morgan fingerprint density at radius 3 is 1.82 bits per heavy atom. The molecule has 182 valence electrons. The summed E-state index contributed by atoms with van der Waals surface area (Å²) in [5.41, 5.74) is 1.67. The monoisotopic (exact) mass is 456 g/mol. The topological polar surface area (TPSA) is 54.0 Å². The predicted octanol–water partition coefficient (Wildman–Crippen LogP) is 6.94. The van der Waals surface area contributed by atoms with Gasteiger partial charge in [-0.05, 0) is 74.9 Å². The van der Waals surface area contributed by atoms with Gasteiger partial charge in [0, 0.05) is 12.3 Å². The Balaban J connectivity index is 2.69. The van der Waals surface area contributed by atoms with E-state index in [4.69, 9.17) is 18.9 Å². The quantitative estimate of drug-likeness (QED) is 0.286. The van der Waals surface area contributed by atoms with Gasteiger partial charge in [-0.25, -0.2) is 0 Å². The number of methoxy groups -OCH3 is 2. The summed E-state index contributed by atoms with van der Waals surface area (Å²) >= 11 is 0. The first-order chi connectivity index (χ1) is 15.5. The van der Waals surface area contributed by atoms with Gasteiger partial charge < -0.3 is 18.9 Å². The van der Waals surface area contributed by atoms with E-state index in [2.05, 4.69) is 32.9 Å². The normalized spacial score (nSPS) is 14.2. The number of esters is 1.